The molecule has 2 rings (SSSR count). The van der Waals surface area contributed by atoms with Crippen molar-refractivity contribution in [1.29, 1.82) is 0 Å². The Morgan fingerprint density at radius 2 is 2.33 bits per heavy atom. The Morgan fingerprint density at radius 3 is 3.07 bits per heavy atom. The van der Waals surface area contributed by atoms with Crippen LogP contribution in [0.4, 0.5) is 4.39 Å². The summed E-state index contributed by atoms with van der Waals surface area (Å²) in [4.78, 5) is 4.21. The number of hydrogen-bond donors (Lipinski definition) is 1. The first-order chi connectivity index (χ1) is 7.20. The van der Waals surface area contributed by atoms with Gasteiger partial charge in [0.2, 0.25) is 5.89 Å². The van der Waals surface area contributed by atoms with E-state index in [9.17, 15) is 4.39 Å². The largest absolute Gasteiger partial charge is 0.439 e. The van der Waals surface area contributed by atoms with Crippen molar-refractivity contribution in [2.75, 3.05) is 0 Å². The maximum Gasteiger partial charge on any atom is 0.212 e. The summed E-state index contributed by atoms with van der Waals surface area (Å²) in [6.45, 7) is 2.04. The van der Waals surface area contributed by atoms with Crippen molar-refractivity contribution in [3.8, 4) is 0 Å². The van der Waals surface area contributed by atoms with Gasteiger partial charge in [0.15, 0.2) is 5.58 Å². The van der Waals surface area contributed by atoms with Crippen molar-refractivity contribution >= 4 is 11.1 Å². The molecule has 0 fully saturated rings. The molecular formula is C11H13FN2O. The van der Waals surface area contributed by atoms with E-state index in [2.05, 4.69) is 4.98 Å². The van der Waals surface area contributed by atoms with Gasteiger partial charge in [-0.05, 0) is 18.6 Å². The van der Waals surface area contributed by atoms with Gasteiger partial charge in [-0.2, -0.15) is 0 Å². The Labute approximate surface area is 87.1 Å². The van der Waals surface area contributed by atoms with E-state index in [0.717, 1.165) is 12.8 Å². The summed E-state index contributed by atoms with van der Waals surface area (Å²) in [5, 5.41) is 0. The zero-order valence-electron chi connectivity index (χ0n) is 8.53. The second-order valence-corrected chi connectivity index (χ2v) is 3.56. The first-order valence-electron chi connectivity index (χ1n) is 5.02. The SMILES string of the molecule is CCCC(N)c1nc2ccc(F)cc2o1. The van der Waals surface area contributed by atoms with Gasteiger partial charge in [0.25, 0.3) is 0 Å². The van der Waals surface area contributed by atoms with Crippen LogP contribution in [0, 0.1) is 5.82 Å². The Bertz CT molecular complexity index is 467. The summed E-state index contributed by atoms with van der Waals surface area (Å²) in [5.41, 5.74) is 6.96. The van der Waals surface area contributed by atoms with E-state index in [-0.39, 0.29) is 11.9 Å². The van der Waals surface area contributed by atoms with Gasteiger partial charge in [-0.15, -0.1) is 0 Å². The number of nitrogens with zero attached hydrogens (tertiary/aromatic N) is 1. The van der Waals surface area contributed by atoms with E-state index in [1.807, 2.05) is 6.92 Å². The molecule has 80 valence electrons. The number of rotatable bonds is 3. The predicted molar refractivity (Wildman–Crippen MR) is 55.8 cm³/mol. The minimum absolute atomic E-state index is 0.203. The summed E-state index contributed by atoms with van der Waals surface area (Å²) in [6, 6.07) is 4.08. The van der Waals surface area contributed by atoms with Gasteiger partial charge in [-0.3, -0.25) is 0 Å². The first kappa shape index (κ1) is 10.1. The van der Waals surface area contributed by atoms with E-state index in [0.29, 0.717) is 17.0 Å². The molecule has 0 saturated carbocycles. The summed E-state index contributed by atoms with van der Waals surface area (Å²) in [6.07, 6.45) is 1.78. The van der Waals surface area contributed by atoms with Crippen molar-refractivity contribution in [1.82, 2.24) is 4.98 Å². The quantitative estimate of drug-likeness (QED) is 0.843. The molecule has 0 aliphatic carbocycles. The molecule has 15 heavy (non-hydrogen) atoms. The summed E-state index contributed by atoms with van der Waals surface area (Å²) in [7, 11) is 0. The van der Waals surface area contributed by atoms with Crippen LogP contribution in [-0.2, 0) is 0 Å². The molecule has 1 unspecified atom stereocenters. The monoisotopic (exact) mass is 208 g/mol. The van der Waals surface area contributed by atoms with Crippen molar-refractivity contribution in [3.63, 3.8) is 0 Å². The van der Waals surface area contributed by atoms with E-state index >= 15 is 0 Å². The topological polar surface area (TPSA) is 52.0 Å². The molecule has 3 nitrogen and oxygen atoms in total. The van der Waals surface area contributed by atoms with E-state index in [1.54, 1.807) is 6.07 Å². The second-order valence-electron chi connectivity index (χ2n) is 3.56. The molecule has 1 heterocycles. The number of nitrogens with two attached hydrogens (primary N) is 1. The summed E-state index contributed by atoms with van der Waals surface area (Å²) >= 11 is 0. The highest BCUT2D eigenvalue weighted by Gasteiger charge is 2.13. The highest BCUT2D eigenvalue weighted by Crippen LogP contribution is 2.21. The Kier molecular flexibility index (Phi) is 2.68. The molecule has 1 aromatic heterocycles. The second kappa shape index (κ2) is 3.98. The highest BCUT2D eigenvalue weighted by atomic mass is 19.1. The van der Waals surface area contributed by atoms with Gasteiger partial charge in [-0.1, -0.05) is 13.3 Å². The molecule has 4 heteroatoms. The molecule has 0 saturated heterocycles. The van der Waals surface area contributed by atoms with Crippen molar-refractivity contribution in [2.45, 2.75) is 25.8 Å². The number of benzene rings is 1. The molecular weight excluding hydrogens is 195 g/mol. The van der Waals surface area contributed by atoms with Crippen LogP contribution in [0.15, 0.2) is 22.6 Å². The average Bonchev–Trinajstić information content (AvgIpc) is 2.60. The lowest BCUT2D eigenvalue weighted by atomic mass is 10.2. The van der Waals surface area contributed by atoms with E-state index in [1.165, 1.54) is 12.1 Å². The Hall–Kier alpha value is -1.42. The average molecular weight is 208 g/mol. The number of halogens is 1. The minimum atomic E-state index is -0.325. The van der Waals surface area contributed by atoms with Crippen molar-refractivity contribution < 1.29 is 8.81 Å². The number of hydrogen-bond acceptors (Lipinski definition) is 3. The maximum atomic E-state index is 12.9. The third-order valence-corrected chi connectivity index (χ3v) is 2.28. The van der Waals surface area contributed by atoms with Crippen LogP contribution in [0.2, 0.25) is 0 Å². The smallest absolute Gasteiger partial charge is 0.212 e. The van der Waals surface area contributed by atoms with Crippen LogP contribution in [0.5, 0.6) is 0 Å². The molecule has 0 bridgehead atoms. The Morgan fingerprint density at radius 1 is 1.53 bits per heavy atom. The molecule has 2 N–H and O–H groups in total. The predicted octanol–water partition coefficient (Wildman–Crippen LogP) is 2.77. The minimum Gasteiger partial charge on any atom is -0.439 e. The molecule has 0 aliphatic heterocycles. The number of oxazole rings is 1. The molecule has 0 aliphatic rings. The standard InChI is InChI=1S/C11H13FN2O/c1-2-3-8(13)11-14-9-5-4-7(12)6-10(9)15-11/h4-6,8H,2-3,13H2,1H3. The highest BCUT2D eigenvalue weighted by molar-refractivity contribution is 5.72. The zero-order chi connectivity index (χ0) is 10.8. The number of fused-ring (bicyclic) bond motifs is 1. The third-order valence-electron chi connectivity index (χ3n) is 2.28. The fourth-order valence-electron chi connectivity index (χ4n) is 1.51. The summed E-state index contributed by atoms with van der Waals surface area (Å²) in [5.74, 6) is 0.159. The van der Waals surface area contributed by atoms with Gasteiger partial charge in [-0.25, -0.2) is 9.37 Å². The molecule has 1 aromatic carbocycles. The van der Waals surface area contributed by atoms with E-state index < -0.39 is 0 Å². The molecule has 0 radical (unpaired) electrons. The molecule has 0 amide bonds. The fraction of sp³-hybridized carbons (Fsp3) is 0.364. The lowest BCUT2D eigenvalue weighted by Gasteiger charge is -2.03. The summed E-state index contributed by atoms with van der Waals surface area (Å²) < 4.78 is 18.3. The van der Waals surface area contributed by atoms with E-state index in [4.69, 9.17) is 10.2 Å². The first-order valence-corrected chi connectivity index (χ1v) is 5.02. The van der Waals surface area contributed by atoms with Gasteiger partial charge >= 0.3 is 0 Å². The molecule has 2 aromatic rings. The molecule has 0 spiro atoms. The lowest BCUT2D eigenvalue weighted by molar-refractivity contribution is 0.455. The normalized spacial score (nSPS) is 13.3. The van der Waals surface area contributed by atoms with Crippen LogP contribution in [0.1, 0.15) is 31.7 Å². The number of aromatic nitrogens is 1. The van der Waals surface area contributed by atoms with Gasteiger partial charge < -0.3 is 10.2 Å². The Balaban J connectivity index is 2.38. The third kappa shape index (κ3) is 1.99. The maximum absolute atomic E-state index is 12.9. The van der Waals surface area contributed by atoms with Gasteiger partial charge in [0.1, 0.15) is 11.3 Å². The van der Waals surface area contributed by atoms with Crippen LogP contribution in [0.3, 0.4) is 0 Å². The van der Waals surface area contributed by atoms with Crippen LogP contribution < -0.4 is 5.73 Å². The van der Waals surface area contributed by atoms with Gasteiger partial charge in [0.05, 0.1) is 6.04 Å². The fourth-order valence-corrected chi connectivity index (χ4v) is 1.51. The van der Waals surface area contributed by atoms with Crippen LogP contribution in [0.25, 0.3) is 11.1 Å². The lowest BCUT2D eigenvalue weighted by Crippen LogP contribution is -2.09. The van der Waals surface area contributed by atoms with Crippen molar-refractivity contribution in [2.24, 2.45) is 5.73 Å². The zero-order valence-corrected chi connectivity index (χ0v) is 8.53. The van der Waals surface area contributed by atoms with Crippen LogP contribution >= 0.6 is 0 Å². The van der Waals surface area contributed by atoms with Crippen molar-refractivity contribution in [3.05, 3.63) is 29.9 Å². The van der Waals surface area contributed by atoms with Crippen LogP contribution in [-0.4, -0.2) is 4.98 Å². The molecule has 1 atom stereocenters. The van der Waals surface area contributed by atoms with Gasteiger partial charge in [0, 0.05) is 6.07 Å².